The van der Waals surface area contributed by atoms with Crippen molar-refractivity contribution in [1.29, 1.82) is 0 Å². The number of nitrogens with one attached hydrogen (secondary N) is 1. The van der Waals surface area contributed by atoms with Crippen LogP contribution in [0.25, 0.3) is 0 Å². The third-order valence-electron chi connectivity index (χ3n) is 4.13. The highest BCUT2D eigenvalue weighted by Crippen LogP contribution is 2.30. The molecule has 1 aliphatic rings. The molecule has 1 heterocycles. The maximum absolute atomic E-state index is 12.4. The van der Waals surface area contributed by atoms with Gasteiger partial charge in [0.25, 0.3) is 5.69 Å². The lowest BCUT2D eigenvalue weighted by Crippen LogP contribution is -2.38. The molecule has 1 aliphatic heterocycles. The van der Waals surface area contributed by atoms with E-state index >= 15 is 0 Å². The number of amides is 2. The van der Waals surface area contributed by atoms with Crippen LogP contribution in [0.5, 0.6) is 5.75 Å². The van der Waals surface area contributed by atoms with Crippen LogP contribution in [0, 0.1) is 16.0 Å². The summed E-state index contributed by atoms with van der Waals surface area (Å²) in [6, 6.07) is 4.04. The topological polar surface area (TPSA) is 111 Å². The van der Waals surface area contributed by atoms with Crippen LogP contribution in [0.15, 0.2) is 18.2 Å². The minimum absolute atomic E-state index is 0.0733. The minimum Gasteiger partial charge on any atom is -0.496 e. The number of likely N-dealkylation sites (tertiary alicyclic amines) is 1. The van der Waals surface area contributed by atoms with Crippen molar-refractivity contribution in [3.8, 4) is 5.75 Å². The molecule has 9 heteroatoms. The van der Waals surface area contributed by atoms with Crippen LogP contribution >= 0.6 is 0 Å². The Kier molecular flexibility index (Phi) is 5.92. The van der Waals surface area contributed by atoms with Crippen LogP contribution in [-0.4, -0.2) is 55.1 Å². The molecule has 136 valence electrons. The lowest BCUT2D eigenvalue weighted by molar-refractivity contribution is -0.384. The molecule has 0 aromatic heterocycles. The van der Waals surface area contributed by atoms with Gasteiger partial charge in [0.15, 0.2) is 0 Å². The second kappa shape index (κ2) is 7.93. The summed E-state index contributed by atoms with van der Waals surface area (Å²) in [7, 11) is 2.95. The first kappa shape index (κ1) is 18.7. The second-order valence-electron chi connectivity index (χ2n) is 5.88. The van der Waals surface area contributed by atoms with Crippen molar-refractivity contribution in [1.82, 2.24) is 4.90 Å². The number of methoxy groups -OCH3 is 2. The normalized spacial score (nSPS) is 18.1. The zero-order chi connectivity index (χ0) is 18.6. The second-order valence-corrected chi connectivity index (χ2v) is 5.88. The zero-order valence-corrected chi connectivity index (χ0v) is 14.4. The fourth-order valence-corrected chi connectivity index (χ4v) is 2.79. The standard InChI is InChI=1S/C16H21N3O6/c1-10(9-24-2)18-8-11(6-15(18)20)16(21)17-13-5-4-12(25-3)7-14(13)19(22)23/h4-5,7,10-11H,6,8-9H2,1-3H3,(H,17,21)/t10-,11+/m0/s1. The summed E-state index contributed by atoms with van der Waals surface area (Å²) in [6.07, 6.45) is 0.0733. The smallest absolute Gasteiger partial charge is 0.296 e. The number of carbonyl (C=O) groups excluding carboxylic acids is 2. The van der Waals surface area contributed by atoms with Gasteiger partial charge in [-0.05, 0) is 19.1 Å². The summed E-state index contributed by atoms with van der Waals surface area (Å²) in [4.78, 5) is 36.7. The number of nitro groups is 1. The van der Waals surface area contributed by atoms with Gasteiger partial charge in [0.05, 0.1) is 36.7 Å². The van der Waals surface area contributed by atoms with Gasteiger partial charge in [-0.3, -0.25) is 19.7 Å². The summed E-state index contributed by atoms with van der Waals surface area (Å²) in [5.74, 6) is -0.795. The fourth-order valence-electron chi connectivity index (χ4n) is 2.79. The van der Waals surface area contributed by atoms with Crippen molar-refractivity contribution < 1.29 is 24.0 Å². The van der Waals surface area contributed by atoms with E-state index in [2.05, 4.69) is 5.32 Å². The van der Waals surface area contributed by atoms with Gasteiger partial charge in [-0.1, -0.05) is 0 Å². The van der Waals surface area contributed by atoms with E-state index < -0.39 is 16.7 Å². The van der Waals surface area contributed by atoms with Crippen molar-refractivity contribution in [2.75, 3.05) is 32.7 Å². The number of anilines is 1. The first-order valence-corrected chi connectivity index (χ1v) is 7.79. The van der Waals surface area contributed by atoms with Gasteiger partial charge < -0.3 is 19.7 Å². The van der Waals surface area contributed by atoms with Crippen LogP contribution in [0.3, 0.4) is 0 Å². The van der Waals surface area contributed by atoms with Crippen molar-refractivity contribution >= 4 is 23.2 Å². The van der Waals surface area contributed by atoms with Crippen molar-refractivity contribution in [2.24, 2.45) is 5.92 Å². The summed E-state index contributed by atoms with van der Waals surface area (Å²) in [6.45, 7) is 2.49. The van der Waals surface area contributed by atoms with Crippen LogP contribution in [0.4, 0.5) is 11.4 Å². The number of ether oxygens (including phenoxy) is 2. The quantitative estimate of drug-likeness (QED) is 0.587. The maximum atomic E-state index is 12.4. The number of hydrogen-bond donors (Lipinski definition) is 1. The molecule has 1 aromatic rings. The van der Waals surface area contributed by atoms with Gasteiger partial charge in [0.1, 0.15) is 11.4 Å². The summed E-state index contributed by atoms with van der Waals surface area (Å²) in [5.41, 5.74) is -0.187. The van der Waals surface area contributed by atoms with Crippen LogP contribution in [0.2, 0.25) is 0 Å². The van der Waals surface area contributed by atoms with E-state index in [1.807, 2.05) is 6.92 Å². The zero-order valence-electron chi connectivity index (χ0n) is 14.4. The predicted molar refractivity (Wildman–Crippen MR) is 89.4 cm³/mol. The molecule has 1 fully saturated rings. The van der Waals surface area contributed by atoms with Crippen LogP contribution in [-0.2, 0) is 14.3 Å². The molecule has 25 heavy (non-hydrogen) atoms. The van der Waals surface area contributed by atoms with Gasteiger partial charge >= 0.3 is 0 Å². The Morgan fingerprint density at radius 2 is 2.20 bits per heavy atom. The summed E-state index contributed by atoms with van der Waals surface area (Å²) < 4.78 is 10.0. The van der Waals surface area contributed by atoms with Crippen molar-refractivity contribution in [2.45, 2.75) is 19.4 Å². The van der Waals surface area contributed by atoms with Gasteiger partial charge in [-0.25, -0.2) is 0 Å². The predicted octanol–water partition coefficient (Wildman–Crippen LogP) is 1.43. The van der Waals surface area contributed by atoms with E-state index in [0.717, 1.165) is 0 Å². The minimum atomic E-state index is -0.592. The molecular formula is C16H21N3O6. The van der Waals surface area contributed by atoms with Gasteiger partial charge in [0, 0.05) is 20.1 Å². The number of nitrogens with zero attached hydrogens (tertiary/aromatic N) is 2. The molecule has 2 amide bonds. The monoisotopic (exact) mass is 351 g/mol. The van der Waals surface area contributed by atoms with E-state index in [1.165, 1.54) is 25.3 Å². The number of benzene rings is 1. The first-order chi connectivity index (χ1) is 11.9. The number of rotatable bonds is 7. The van der Waals surface area contributed by atoms with Gasteiger partial charge in [0.2, 0.25) is 11.8 Å². The number of carbonyl (C=O) groups is 2. The van der Waals surface area contributed by atoms with E-state index in [9.17, 15) is 19.7 Å². The highest BCUT2D eigenvalue weighted by molar-refractivity contribution is 5.98. The molecule has 0 saturated carbocycles. The molecular weight excluding hydrogens is 330 g/mol. The Bertz CT molecular complexity index is 678. The molecule has 0 radical (unpaired) electrons. The average Bonchev–Trinajstić information content (AvgIpc) is 2.97. The summed E-state index contributed by atoms with van der Waals surface area (Å²) >= 11 is 0. The molecule has 2 rings (SSSR count). The molecule has 9 nitrogen and oxygen atoms in total. The molecule has 0 unspecified atom stereocenters. The lowest BCUT2D eigenvalue weighted by Gasteiger charge is -2.23. The van der Waals surface area contributed by atoms with Crippen molar-refractivity contribution in [3.05, 3.63) is 28.3 Å². The molecule has 0 bridgehead atoms. The van der Waals surface area contributed by atoms with Gasteiger partial charge in [-0.2, -0.15) is 0 Å². The van der Waals surface area contributed by atoms with E-state index in [4.69, 9.17) is 9.47 Å². The van der Waals surface area contributed by atoms with E-state index in [-0.39, 0.29) is 36.3 Å². The van der Waals surface area contributed by atoms with Crippen molar-refractivity contribution in [3.63, 3.8) is 0 Å². The Morgan fingerprint density at radius 1 is 1.48 bits per heavy atom. The molecule has 1 N–H and O–H groups in total. The van der Waals surface area contributed by atoms with Crippen LogP contribution < -0.4 is 10.1 Å². The maximum Gasteiger partial charge on any atom is 0.296 e. The Labute approximate surface area is 145 Å². The number of nitro benzene ring substituents is 1. The van der Waals surface area contributed by atoms with E-state index in [0.29, 0.717) is 12.4 Å². The highest BCUT2D eigenvalue weighted by Gasteiger charge is 2.37. The molecule has 0 spiro atoms. The SMILES string of the molecule is COC[C@H](C)N1C[C@H](C(=O)Nc2ccc(OC)cc2[N+](=O)[O-])CC1=O. The Balaban J connectivity index is 2.10. The first-order valence-electron chi connectivity index (χ1n) is 7.79. The Hall–Kier alpha value is -2.68. The van der Waals surface area contributed by atoms with E-state index in [1.54, 1.807) is 12.0 Å². The fraction of sp³-hybridized carbons (Fsp3) is 0.500. The lowest BCUT2D eigenvalue weighted by atomic mass is 10.1. The Morgan fingerprint density at radius 3 is 2.80 bits per heavy atom. The van der Waals surface area contributed by atoms with Crippen LogP contribution in [0.1, 0.15) is 13.3 Å². The largest absolute Gasteiger partial charge is 0.496 e. The third-order valence-corrected chi connectivity index (χ3v) is 4.13. The average molecular weight is 351 g/mol. The molecule has 1 saturated heterocycles. The molecule has 1 aromatic carbocycles. The highest BCUT2D eigenvalue weighted by atomic mass is 16.6. The third kappa shape index (κ3) is 4.24. The number of hydrogen-bond acceptors (Lipinski definition) is 6. The molecule has 2 atom stereocenters. The van der Waals surface area contributed by atoms with Gasteiger partial charge in [-0.15, -0.1) is 0 Å². The summed E-state index contributed by atoms with van der Waals surface area (Å²) in [5, 5.41) is 13.7. The molecule has 0 aliphatic carbocycles.